The van der Waals surface area contributed by atoms with Gasteiger partial charge >= 0.3 is 0 Å². The minimum atomic E-state index is -0.123. The van der Waals surface area contributed by atoms with Gasteiger partial charge in [-0.05, 0) is 56.9 Å². The molecule has 0 bridgehead atoms. The molecule has 0 saturated heterocycles. The monoisotopic (exact) mass is 376 g/mol. The summed E-state index contributed by atoms with van der Waals surface area (Å²) in [5.74, 6) is 1.22. The van der Waals surface area contributed by atoms with Gasteiger partial charge in [0, 0.05) is 17.2 Å². The minimum absolute atomic E-state index is 0.123. The van der Waals surface area contributed by atoms with Crippen LogP contribution in [0.5, 0.6) is 0 Å². The Bertz CT molecular complexity index is 797. The fourth-order valence-electron chi connectivity index (χ4n) is 3.05. The van der Waals surface area contributed by atoms with Gasteiger partial charge in [-0.15, -0.1) is 0 Å². The van der Waals surface area contributed by atoms with Gasteiger partial charge in [0.2, 0.25) is 0 Å². The second-order valence-corrected chi connectivity index (χ2v) is 7.32. The molecule has 0 spiro atoms. The second-order valence-electron chi connectivity index (χ2n) is 6.47. The van der Waals surface area contributed by atoms with Crippen LogP contribution in [0.4, 0.5) is 0 Å². The number of benzene rings is 1. The second kappa shape index (κ2) is 7.77. The van der Waals surface area contributed by atoms with Crippen LogP contribution in [0.15, 0.2) is 42.6 Å². The van der Waals surface area contributed by atoms with E-state index in [1.54, 1.807) is 12.3 Å². The molecule has 2 atom stereocenters. The van der Waals surface area contributed by atoms with Gasteiger partial charge in [0.1, 0.15) is 5.82 Å². The Morgan fingerprint density at radius 3 is 2.92 bits per heavy atom. The molecule has 1 aliphatic carbocycles. The molecule has 1 aromatic heterocycles. The van der Waals surface area contributed by atoms with Crippen molar-refractivity contribution in [2.24, 2.45) is 5.92 Å². The molecule has 1 aliphatic rings. The molecule has 5 heteroatoms. The number of imidazole rings is 1. The molecule has 132 valence electrons. The van der Waals surface area contributed by atoms with E-state index in [4.69, 9.17) is 27.9 Å². The molecule has 0 saturated carbocycles. The average molecular weight is 377 g/mol. The maximum atomic E-state index is 6.25. The molecule has 2 aromatic rings. The van der Waals surface area contributed by atoms with Crippen molar-refractivity contribution in [1.29, 1.82) is 0 Å². The van der Waals surface area contributed by atoms with Crippen LogP contribution < -0.4 is 0 Å². The minimum Gasteiger partial charge on any atom is -0.372 e. The number of hydrogen-bond donors (Lipinski definition) is 1. The molecule has 0 aliphatic heterocycles. The highest BCUT2D eigenvalue weighted by atomic mass is 35.5. The Balaban J connectivity index is 1.69. The van der Waals surface area contributed by atoms with Crippen LogP contribution in [-0.2, 0) is 4.74 Å². The van der Waals surface area contributed by atoms with Crippen LogP contribution in [-0.4, -0.2) is 22.2 Å². The van der Waals surface area contributed by atoms with Gasteiger partial charge in [0.25, 0.3) is 0 Å². The molecule has 25 heavy (non-hydrogen) atoms. The standard InChI is InChI=1S/C20H22Cl2N2O/c1-3-25-20(2)10-8-14(9-11-20)4-7-19-23-13-18(24-19)16-6-5-15(21)12-17(16)22/h4-8,10,12-14H,3,9,11H2,1-2H3,(H,23,24)/b7-4+. The van der Waals surface area contributed by atoms with Gasteiger partial charge in [0.05, 0.1) is 22.5 Å². The van der Waals surface area contributed by atoms with Crippen LogP contribution in [0.25, 0.3) is 17.3 Å². The topological polar surface area (TPSA) is 37.9 Å². The normalized spacial score (nSPS) is 23.4. The Morgan fingerprint density at radius 1 is 1.40 bits per heavy atom. The molecule has 3 nitrogen and oxygen atoms in total. The van der Waals surface area contributed by atoms with E-state index in [9.17, 15) is 0 Å². The molecule has 3 rings (SSSR count). The van der Waals surface area contributed by atoms with E-state index < -0.39 is 0 Å². The lowest BCUT2D eigenvalue weighted by Crippen LogP contribution is -2.29. The molecule has 1 aromatic carbocycles. The zero-order chi connectivity index (χ0) is 17.9. The van der Waals surface area contributed by atoms with E-state index in [1.165, 1.54) is 0 Å². The predicted octanol–water partition coefficient (Wildman–Crippen LogP) is 6.16. The van der Waals surface area contributed by atoms with E-state index >= 15 is 0 Å². The number of rotatable bonds is 5. The SMILES string of the molecule is CCOC1(C)C=CC(/C=C/c2ncc(-c3ccc(Cl)cc3Cl)[nH]2)CC1. The van der Waals surface area contributed by atoms with E-state index in [1.807, 2.05) is 25.1 Å². The summed E-state index contributed by atoms with van der Waals surface area (Å²) in [4.78, 5) is 7.71. The molecule has 1 N–H and O–H groups in total. The van der Waals surface area contributed by atoms with Gasteiger partial charge in [-0.3, -0.25) is 0 Å². The summed E-state index contributed by atoms with van der Waals surface area (Å²) in [6.45, 7) is 4.91. The summed E-state index contributed by atoms with van der Waals surface area (Å²) in [6, 6.07) is 5.45. The van der Waals surface area contributed by atoms with Crippen molar-refractivity contribution in [1.82, 2.24) is 9.97 Å². The summed E-state index contributed by atoms with van der Waals surface area (Å²) < 4.78 is 5.80. The highest BCUT2D eigenvalue weighted by Gasteiger charge is 2.25. The maximum Gasteiger partial charge on any atom is 0.130 e. The number of aromatic nitrogens is 2. The first-order chi connectivity index (χ1) is 12.0. The first kappa shape index (κ1) is 18.2. The van der Waals surface area contributed by atoms with Crippen LogP contribution in [0.3, 0.4) is 0 Å². The highest BCUT2D eigenvalue weighted by molar-refractivity contribution is 6.36. The Morgan fingerprint density at radius 2 is 2.24 bits per heavy atom. The lowest BCUT2D eigenvalue weighted by atomic mass is 9.86. The first-order valence-electron chi connectivity index (χ1n) is 8.51. The number of hydrogen-bond acceptors (Lipinski definition) is 2. The number of allylic oxidation sites excluding steroid dienone is 2. The van der Waals surface area contributed by atoms with E-state index in [-0.39, 0.29) is 5.60 Å². The third kappa shape index (κ3) is 4.55. The lowest BCUT2D eigenvalue weighted by Gasteiger charge is -2.31. The van der Waals surface area contributed by atoms with E-state index in [0.29, 0.717) is 16.0 Å². The lowest BCUT2D eigenvalue weighted by molar-refractivity contribution is 0.000875. The van der Waals surface area contributed by atoms with Gasteiger partial charge < -0.3 is 9.72 Å². The van der Waals surface area contributed by atoms with Gasteiger partial charge in [-0.1, -0.05) is 41.4 Å². The number of nitrogens with one attached hydrogen (secondary N) is 1. The molecular formula is C20H22Cl2N2O. The van der Waals surface area contributed by atoms with Crippen molar-refractivity contribution < 1.29 is 4.74 Å². The summed E-state index contributed by atoms with van der Waals surface area (Å²) >= 11 is 12.2. The highest BCUT2D eigenvalue weighted by Crippen LogP contribution is 2.31. The van der Waals surface area contributed by atoms with Crippen LogP contribution in [0, 0.1) is 5.92 Å². The van der Waals surface area contributed by atoms with Crippen LogP contribution >= 0.6 is 23.2 Å². The quantitative estimate of drug-likeness (QED) is 0.634. The zero-order valence-electron chi connectivity index (χ0n) is 14.4. The molecular weight excluding hydrogens is 355 g/mol. The molecule has 1 heterocycles. The molecule has 2 unspecified atom stereocenters. The van der Waals surface area contributed by atoms with Crippen molar-refractivity contribution >= 4 is 29.3 Å². The van der Waals surface area contributed by atoms with Gasteiger partial charge in [-0.2, -0.15) is 0 Å². The van der Waals surface area contributed by atoms with Gasteiger partial charge in [-0.25, -0.2) is 4.98 Å². The zero-order valence-corrected chi connectivity index (χ0v) is 15.9. The molecule has 0 radical (unpaired) electrons. The van der Waals surface area contributed by atoms with Crippen LogP contribution in [0.1, 0.15) is 32.5 Å². The fourth-order valence-corrected chi connectivity index (χ4v) is 3.56. The van der Waals surface area contributed by atoms with Crippen LogP contribution in [0.2, 0.25) is 10.0 Å². The molecule has 0 fully saturated rings. The largest absolute Gasteiger partial charge is 0.372 e. The van der Waals surface area contributed by atoms with Crippen molar-refractivity contribution in [2.75, 3.05) is 6.61 Å². The van der Waals surface area contributed by atoms with E-state index in [0.717, 1.165) is 36.5 Å². The number of H-pyrrole nitrogens is 1. The summed E-state index contributed by atoms with van der Waals surface area (Å²) in [6.07, 6.45) is 12.5. The number of nitrogens with zero attached hydrogens (tertiary/aromatic N) is 1. The smallest absolute Gasteiger partial charge is 0.130 e. The van der Waals surface area contributed by atoms with Crippen molar-refractivity contribution in [3.05, 3.63) is 58.5 Å². The maximum absolute atomic E-state index is 6.25. The number of ether oxygens (including phenoxy) is 1. The van der Waals surface area contributed by atoms with Crippen molar-refractivity contribution in [3.8, 4) is 11.3 Å². The number of aromatic amines is 1. The van der Waals surface area contributed by atoms with Crippen molar-refractivity contribution in [3.63, 3.8) is 0 Å². The fraction of sp³-hybridized carbons (Fsp3) is 0.350. The van der Waals surface area contributed by atoms with Gasteiger partial charge in [0.15, 0.2) is 0 Å². The van der Waals surface area contributed by atoms with E-state index in [2.05, 4.69) is 35.1 Å². The summed E-state index contributed by atoms with van der Waals surface area (Å²) in [7, 11) is 0. The number of halogens is 2. The summed E-state index contributed by atoms with van der Waals surface area (Å²) in [5, 5.41) is 1.23. The first-order valence-corrected chi connectivity index (χ1v) is 9.26. The average Bonchev–Trinajstić information content (AvgIpc) is 3.03. The molecule has 0 amide bonds. The van der Waals surface area contributed by atoms with Crippen molar-refractivity contribution in [2.45, 2.75) is 32.3 Å². The summed E-state index contributed by atoms with van der Waals surface area (Å²) in [5.41, 5.74) is 1.65. The third-order valence-corrected chi connectivity index (χ3v) is 5.01. The Labute approximate surface area is 158 Å². The Hall–Kier alpha value is -1.55. The Kier molecular flexibility index (Phi) is 5.67. The third-order valence-electron chi connectivity index (χ3n) is 4.46. The predicted molar refractivity (Wildman–Crippen MR) is 105 cm³/mol.